The van der Waals surface area contributed by atoms with Gasteiger partial charge in [-0.1, -0.05) is 0 Å². The van der Waals surface area contributed by atoms with Crippen LogP contribution in [-0.2, 0) is 4.79 Å². The number of methoxy groups -OCH3 is 1. The number of hydrogen-bond acceptors (Lipinski definition) is 5. The quantitative estimate of drug-likeness (QED) is 0.558. The minimum atomic E-state index is -0.0995. The molecule has 0 saturated carbocycles. The van der Waals surface area contributed by atoms with Crippen LogP contribution < -0.4 is 19.1 Å². The lowest BCUT2D eigenvalue weighted by Gasteiger charge is -2.28. The maximum absolute atomic E-state index is 12.1. The van der Waals surface area contributed by atoms with Gasteiger partial charge in [0.2, 0.25) is 0 Å². The Bertz CT molecular complexity index is 721. The van der Waals surface area contributed by atoms with Crippen molar-refractivity contribution in [3.63, 3.8) is 0 Å². The molecule has 1 aliphatic rings. The molecule has 6 nitrogen and oxygen atoms in total. The summed E-state index contributed by atoms with van der Waals surface area (Å²) in [6, 6.07) is 11.0. The molecule has 24 heavy (non-hydrogen) atoms. The summed E-state index contributed by atoms with van der Waals surface area (Å²) in [7, 11) is 1.62. The molecule has 1 aliphatic heterocycles. The number of aromatic nitrogens is 1. The van der Waals surface area contributed by atoms with Crippen molar-refractivity contribution in [1.82, 2.24) is 4.98 Å². The van der Waals surface area contributed by atoms with Crippen LogP contribution in [0.1, 0.15) is 6.42 Å². The van der Waals surface area contributed by atoms with Crippen LogP contribution in [-0.4, -0.2) is 37.8 Å². The monoisotopic (exact) mass is 392 g/mol. The normalized spacial score (nSPS) is 13.2. The largest absolute Gasteiger partial charge is 0.497 e. The second kappa shape index (κ2) is 7.53. The van der Waals surface area contributed by atoms with Crippen molar-refractivity contribution in [2.45, 2.75) is 6.42 Å². The Morgan fingerprint density at radius 3 is 2.71 bits per heavy atom. The van der Waals surface area contributed by atoms with Gasteiger partial charge < -0.3 is 14.2 Å². The first kappa shape index (κ1) is 16.6. The number of ether oxygens (including phenoxy) is 3. The van der Waals surface area contributed by atoms with Crippen LogP contribution in [0.4, 0.5) is 5.82 Å². The zero-order valence-corrected chi connectivity index (χ0v) is 14.8. The number of carbonyl (C=O) groups excluding carboxylic acids is 1. The standard InChI is InChI=1S/C17H17BrN2O4/c1-22-12-3-5-13(6-4-12)23-10-2-9-20-16(21)11-24-14-7-8-15(18)19-17(14)20/h3-8H,2,9-11H2,1H3. The molecule has 0 N–H and O–H groups in total. The Hall–Kier alpha value is -2.28. The van der Waals surface area contributed by atoms with Gasteiger partial charge in [0.1, 0.15) is 16.1 Å². The number of pyridine rings is 1. The molecule has 0 atom stereocenters. The average Bonchev–Trinajstić information content (AvgIpc) is 2.60. The number of anilines is 1. The van der Waals surface area contributed by atoms with Crippen LogP contribution in [0.15, 0.2) is 41.0 Å². The number of amides is 1. The van der Waals surface area contributed by atoms with Crippen LogP contribution in [0.25, 0.3) is 0 Å². The maximum Gasteiger partial charge on any atom is 0.266 e. The molecule has 0 saturated heterocycles. The summed E-state index contributed by atoms with van der Waals surface area (Å²) in [5.74, 6) is 2.62. The predicted molar refractivity (Wildman–Crippen MR) is 92.9 cm³/mol. The number of nitrogens with zero attached hydrogens (tertiary/aromatic N) is 2. The van der Waals surface area contributed by atoms with Gasteiger partial charge >= 0.3 is 0 Å². The first-order chi connectivity index (χ1) is 11.7. The molecule has 126 valence electrons. The number of benzene rings is 1. The van der Waals surface area contributed by atoms with E-state index in [0.29, 0.717) is 35.7 Å². The third-order valence-electron chi connectivity index (χ3n) is 3.57. The smallest absolute Gasteiger partial charge is 0.266 e. The first-order valence-electron chi connectivity index (χ1n) is 7.54. The summed E-state index contributed by atoms with van der Waals surface area (Å²) in [5, 5.41) is 0. The van der Waals surface area contributed by atoms with Gasteiger partial charge in [-0.05, 0) is 58.7 Å². The molecular formula is C17H17BrN2O4. The maximum atomic E-state index is 12.1. The number of rotatable bonds is 6. The van der Waals surface area contributed by atoms with E-state index >= 15 is 0 Å². The second-order valence-electron chi connectivity index (χ2n) is 5.17. The van der Waals surface area contributed by atoms with E-state index in [0.717, 1.165) is 11.5 Å². The van der Waals surface area contributed by atoms with E-state index in [1.807, 2.05) is 24.3 Å². The highest BCUT2D eigenvalue weighted by atomic mass is 79.9. The number of halogens is 1. The Balaban J connectivity index is 1.56. The van der Waals surface area contributed by atoms with E-state index in [1.165, 1.54) is 0 Å². The molecule has 2 aromatic rings. The van der Waals surface area contributed by atoms with Gasteiger partial charge in [-0.2, -0.15) is 0 Å². The van der Waals surface area contributed by atoms with Crippen molar-refractivity contribution < 1.29 is 19.0 Å². The van der Waals surface area contributed by atoms with Crippen LogP contribution in [0.2, 0.25) is 0 Å². The highest BCUT2D eigenvalue weighted by molar-refractivity contribution is 9.10. The first-order valence-corrected chi connectivity index (χ1v) is 8.33. The number of fused-ring (bicyclic) bond motifs is 1. The third kappa shape index (κ3) is 3.79. The third-order valence-corrected chi connectivity index (χ3v) is 4.01. The lowest BCUT2D eigenvalue weighted by Crippen LogP contribution is -2.40. The molecule has 1 aromatic carbocycles. The van der Waals surface area contributed by atoms with Crippen molar-refractivity contribution >= 4 is 27.7 Å². The van der Waals surface area contributed by atoms with Crippen LogP contribution in [0, 0.1) is 0 Å². The van der Waals surface area contributed by atoms with E-state index in [-0.39, 0.29) is 12.5 Å². The molecule has 0 spiro atoms. The van der Waals surface area contributed by atoms with E-state index < -0.39 is 0 Å². The van der Waals surface area contributed by atoms with E-state index in [9.17, 15) is 4.79 Å². The predicted octanol–water partition coefficient (Wildman–Crippen LogP) is 3.05. The number of hydrogen-bond donors (Lipinski definition) is 0. The van der Waals surface area contributed by atoms with Crippen LogP contribution in [0.3, 0.4) is 0 Å². The van der Waals surface area contributed by atoms with Crippen molar-refractivity contribution in [3.8, 4) is 17.2 Å². The highest BCUT2D eigenvalue weighted by Gasteiger charge is 2.26. The minimum absolute atomic E-state index is 0.0374. The molecule has 2 heterocycles. The summed E-state index contributed by atoms with van der Waals surface area (Å²) in [6.07, 6.45) is 0.686. The van der Waals surface area contributed by atoms with Crippen molar-refractivity contribution in [2.24, 2.45) is 0 Å². The molecule has 0 bridgehead atoms. The summed E-state index contributed by atoms with van der Waals surface area (Å²) in [5.41, 5.74) is 0. The SMILES string of the molecule is COc1ccc(OCCCN2C(=O)COc3ccc(Br)nc32)cc1. The van der Waals surface area contributed by atoms with Gasteiger partial charge in [0.05, 0.1) is 13.7 Å². The molecule has 0 unspecified atom stereocenters. The Labute approximate surface area is 148 Å². The summed E-state index contributed by atoms with van der Waals surface area (Å²) in [6.45, 7) is 1.06. The van der Waals surface area contributed by atoms with Gasteiger partial charge in [0.25, 0.3) is 5.91 Å². The van der Waals surface area contributed by atoms with Crippen molar-refractivity contribution in [3.05, 3.63) is 41.0 Å². The van der Waals surface area contributed by atoms with Gasteiger partial charge in [-0.3, -0.25) is 9.69 Å². The van der Waals surface area contributed by atoms with Gasteiger partial charge in [0, 0.05) is 6.54 Å². The second-order valence-corrected chi connectivity index (χ2v) is 5.98. The van der Waals surface area contributed by atoms with Gasteiger partial charge in [-0.15, -0.1) is 0 Å². The zero-order valence-electron chi connectivity index (χ0n) is 13.2. The van der Waals surface area contributed by atoms with E-state index in [1.54, 1.807) is 24.1 Å². The molecule has 1 aromatic heterocycles. The highest BCUT2D eigenvalue weighted by Crippen LogP contribution is 2.31. The summed E-state index contributed by atoms with van der Waals surface area (Å²) < 4.78 is 16.9. The topological polar surface area (TPSA) is 60.9 Å². The molecule has 7 heteroatoms. The number of carbonyl (C=O) groups is 1. The fourth-order valence-corrected chi connectivity index (χ4v) is 2.67. The van der Waals surface area contributed by atoms with Crippen molar-refractivity contribution in [1.29, 1.82) is 0 Å². The molecule has 3 rings (SSSR count). The Morgan fingerprint density at radius 2 is 1.96 bits per heavy atom. The molecule has 1 amide bonds. The summed E-state index contributed by atoms with van der Waals surface area (Å²) in [4.78, 5) is 18.1. The van der Waals surface area contributed by atoms with Crippen LogP contribution in [0.5, 0.6) is 17.2 Å². The molecular weight excluding hydrogens is 376 g/mol. The Kier molecular flexibility index (Phi) is 5.20. The average molecular weight is 393 g/mol. The zero-order chi connectivity index (χ0) is 16.9. The fourth-order valence-electron chi connectivity index (χ4n) is 2.37. The molecule has 0 aliphatic carbocycles. The lowest BCUT2D eigenvalue weighted by molar-refractivity contribution is -0.121. The van der Waals surface area contributed by atoms with E-state index in [2.05, 4.69) is 20.9 Å². The Morgan fingerprint density at radius 1 is 1.21 bits per heavy atom. The van der Waals surface area contributed by atoms with Gasteiger partial charge in [-0.25, -0.2) is 4.98 Å². The van der Waals surface area contributed by atoms with Crippen molar-refractivity contribution in [2.75, 3.05) is 31.8 Å². The summed E-state index contributed by atoms with van der Waals surface area (Å²) >= 11 is 3.32. The lowest BCUT2D eigenvalue weighted by atomic mass is 10.3. The van der Waals surface area contributed by atoms with Gasteiger partial charge in [0.15, 0.2) is 18.2 Å². The molecule has 0 radical (unpaired) electrons. The molecule has 0 fully saturated rings. The van der Waals surface area contributed by atoms with Crippen LogP contribution >= 0.6 is 15.9 Å². The van der Waals surface area contributed by atoms with E-state index in [4.69, 9.17) is 14.2 Å². The minimum Gasteiger partial charge on any atom is -0.497 e. The fraction of sp³-hybridized carbons (Fsp3) is 0.294.